The van der Waals surface area contributed by atoms with Crippen LogP contribution in [0.5, 0.6) is 0 Å². The first-order chi connectivity index (χ1) is 15.6. The van der Waals surface area contributed by atoms with Crippen molar-refractivity contribution in [2.45, 2.75) is 119 Å². The van der Waals surface area contributed by atoms with Gasteiger partial charge in [0.1, 0.15) is 0 Å². The molecule has 0 spiro atoms. The predicted molar refractivity (Wildman–Crippen MR) is 137 cm³/mol. The number of hydrogen-bond donors (Lipinski definition) is 2. The van der Waals surface area contributed by atoms with E-state index in [9.17, 15) is 15.0 Å². The van der Waals surface area contributed by atoms with Crippen LogP contribution >= 0.6 is 0 Å². The first kappa shape index (κ1) is 24.8. The van der Waals surface area contributed by atoms with Gasteiger partial charge in [0, 0.05) is 0 Å². The van der Waals surface area contributed by atoms with Crippen LogP contribution in [0.15, 0.2) is 11.6 Å². The summed E-state index contributed by atoms with van der Waals surface area (Å²) >= 11 is 0. The van der Waals surface area contributed by atoms with Crippen LogP contribution in [-0.4, -0.2) is 22.3 Å². The molecule has 4 saturated carbocycles. The van der Waals surface area contributed by atoms with Gasteiger partial charge in [0.05, 0.1) is 11.5 Å². The number of rotatable bonds is 1. The Balaban J connectivity index is 1.64. The van der Waals surface area contributed by atoms with E-state index in [1.54, 1.807) is 0 Å². The van der Waals surface area contributed by atoms with E-state index in [1.807, 2.05) is 0 Å². The average Bonchev–Trinajstić information content (AvgIpc) is 2.69. The van der Waals surface area contributed by atoms with E-state index >= 15 is 0 Å². The molecule has 0 aliphatic heterocycles. The van der Waals surface area contributed by atoms with Gasteiger partial charge in [0.15, 0.2) is 0 Å². The van der Waals surface area contributed by atoms with Crippen molar-refractivity contribution in [3.63, 3.8) is 0 Å². The Bertz CT molecular complexity index is 916. The second-order valence-corrected chi connectivity index (χ2v) is 15.6. The molecule has 0 saturated heterocycles. The van der Waals surface area contributed by atoms with E-state index in [-0.39, 0.29) is 39.1 Å². The van der Waals surface area contributed by atoms with Crippen molar-refractivity contribution in [1.29, 1.82) is 0 Å². The number of fused-ring (bicyclic) bond motifs is 7. The third-order valence-corrected chi connectivity index (χ3v) is 13.5. The largest absolute Gasteiger partial charge is 0.481 e. The maximum atomic E-state index is 12.9. The fraction of sp³-hybridized carbons (Fsp3) is 0.903. The Morgan fingerprint density at radius 1 is 0.882 bits per heavy atom. The van der Waals surface area contributed by atoms with Gasteiger partial charge in [-0.25, -0.2) is 0 Å². The van der Waals surface area contributed by atoms with Crippen LogP contribution in [0.3, 0.4) is 0 Å². The molecule has 9 atom stereocenters. The van der Waals surface area contributed by atoms with Gasteiger partial charge < -0.3 is 10.2 Å². The van der Waals surface area contributed by atoms with Crippen molar-refractivity contribution >= 4 is 5.97 Å². The lowest BCUT2D eigenvalue weighted by Crippen LogP contribution is -2.65. The summed E-state index contributed by atoms with van der Waals surface area (Å²) in [5.41, 5.74) is 1.58. The van der Waals surface area contributed by atoms with Crippen molar-refractivity contribution in [2.75, 3.05) is 0 Å². The molecule has 5 rings (SSSR count). The van der Waals surface area contributed by atoms with E-state index in [4.69, 9.17) is 0 Å². The van der Waals surface area contributed by atoms with Crippen molar-refractivity contribution in [2.24, 2.45) is 56.2 Å². The van der Waals surface area contributed by atoms with Gasteiger partial charge in [-0.15, -0.1) is 0 Å². The van der Waals surface area contributed by atoms with Crippen LogP contribution in [-0.2, 0) is 4.79 Å². The van der Waals surface area contributed by atoms with Crippen LogP contribution in [0.25, 0.3) is 0 Å². The van der Waals surface area contributed by atoms with Crippen molar-refractivity contribution < 1.29 is 15.0 Å². The second-order valence-electron chi connectivity index (χ2n) is 15.6. The van der Waals surface area contributed by atoms with Gasteiger partial charge in [0.2, 0.25) is 0 Å². The number of carboxylic acids is 1. The predicted octanol–water partition coefficient (Wildman–Crippen LogP) is 7.48. The third-order valence-electron chi connectivity index (χ3n) is 13.5. The van der Waals surface area contributed by atoms with E-state index in [1.165, 1.54) is 18.4 Å². The number of aliphatic hydroxyl groups is 1. The van der Waals surface area contributed by atoms with Gasteiger partial charge in [-0.05, 0) is 109 Å². The Morgan fingerprint density at radius 3 is 2.18 bits per heavy atom. The number of aliphatic hydroxyl groups excluding tert-OH is 1. The quantitative estimate of drug-likeness (QED) is 0.391. The molecule has 0 aromatic rings. The average molecular weight is 471 g/mol. The lowest BCUT2D eigenvalue weighted by atomic mass is 9.33. The molecule has 0 bridgehead atoms. The summed E-state index contributed by atoms with van der Waals surface area (Å²) < 4.78 is 0. The lowest BCUT2D eigenvalue weighted by molar-refractivity contribution is -0.204. The van der Waals surface area contributed by atoms with Gasteiger partial charge in [-0.3, -0.25) is 4.79 Å². The number of allylic oxidation sites excluding steroid dienone is 2. The Hall–Kier alpha value is -0.830. The molecule has 5 aliphatic carbocycles. The van der Waals surface area contributed by atoms with Crippen molar-refractivity contribution in [3.8, 4) is 0 Å². The van der Waals surface area contributed by atoms with Crippen molar-refractivity contribution in [3.05, 3.63) is 11.6 Å². The molecule has 0 amide bonds. The highest BCUT2D eigenvalue weighted by atomic mass is 16.4. The van der Waals surface area contributed by atoms with Crippen LogP contribution in [0.1, 0.15) is 113 Å². The van der Waals surface area contributed by atoms with Gasteiger partial charge in [-0.1, -0.05) is 67.0 Å². The zero-order chi connectivity index (χ0) is 25.1. The Kier molecular flexibility index (Phi) is 5.22. The Morgan fingerprint density at radius 2 is 1.53 bits per heavy atom. The topological polar surface area (TPSA) is 57.5 Å². The monoisotopic (exact) mass is 470 g/mol. The highest BCUT2D eigenvalue weighted by Crippen LogP contribution is 2.76. The molecular formula is C31H50O3. The van der Waals surface area contributed by atoms with Crippen LogP contribution in [0.2, 0.25) is 0 Å². The molecule has 192 valence electrons. The second kappa shape index (κ2) is 7.14. The zero-order valence-electron chi connectivity index (χ0n) is 23.1. The molecule has 0 heterocycles. The third kappa shape index (κ3) is 2.88. The lowest BCUT2D eigenvalue weighted by Gasteiger charge is -2.71. The van der Waals surface area contributed by atoms with Crippen molar-refractivity contribution in [1.82, 2.24) is 0 Å². The summed E-state index contributed by atoms with van der Waals surface area (Å²) in [6.07, 6.45) is 11.3. The minimum Gasteiger partial charge on any atom is -0.481 e. The zero-order valence-corrected chi connectivity index (χ0v) is 23.1. The van der Waals surface area contributed by atoms with Crippen LogP contribution < -0.4 is 0 Å². The Labute approximate surface area is 208 Å². The van der Waals surface area contributed by atoms with E-state index in [0.29, 0.717) is 17.8 Å². The molecule has 4 fully saturated rings. The number of hydrogen-bond acceptors (Lipinski definition) is 2. The van der Waals surface area contributed by atoms with Gasteiger partial charge in [-0.2, -0.15) is 0 Å². The summed E-state index contributed by atoms with van der Waals surface area (Å²) in [5.74, 6) is 1.15. The first-order valence-electron chi connectivity index (χ1n) is 14.2. The van der Waals surface area contributed by atoms with Gasteiger partial charge >= 0.3 is 5.97 Å². The van der Waals surface area contributed by atoms with E-state index < -0.39 is 11.4 Å². The minimum absolute atomic E-state index is 0.0434. The smallest absolute Gasteiger partial charge is 0.310 e. The highest BCUT2D eigenvalue weighted by Gasteiger charge is 2.70. The molecule has 0 unspecified atom stereocenters. The molecule has 3 nitrogen and oxygen atoms in total. The molecule has 0 radical (unpaired) electrons. The number of carboxylic acid groups (broad SMARTS) is 1. The number of carbonyl (C=O) groups is 1. The molecule has 0 aromatic carbocycles. The summed E-state index contributed by atoms with van der Waals surface area (Å²) in [5, 5.41) is 21.6. The normalized spacial score (nSPS) is 53.4. The SMILES string of the molecule is C[C@@H]1[C@H]2C3=CC[C@@H]4[C@@]5(C)C[C@@H](O)CC(C)(C)[C@@H]5CC[C@@]4(C)[C@]3(C)CC[C@@]2(C(=O)O)CCC1(C)C. The maximum absolute atomic E-state index is 12.9. The molecule has 5 aliphatic rings. The van der Waals surface area contributed by atoms with Crippen LogP contribution in [0, 0.1) is 56.2 Å². The fourth-order valence-corrected chi connectivity index (χ4v) is 11.2. The summed E-state index contributed by atoms with van der Waals surface area (Å²) in [7, 11) is 0. The van der Waals surface area contributed by atoms with E-state index in [0.717, 1.165) is 44.9 Å². The molecular weight excluding hydrogens is 420 g/mol. The molecule has 3 heteroatoms. The highest BCUT2D eigenvalue weighted by molar-refractivity contribution is 5.76. The summed E-state index contributed by atoms with van der Waals surface area (Å²) in [6.45, 7) is 19.4. The number of aliphatic carboxylic acids is 1. The molecule has 0 aromatic heterocycles. The van der Waals surface area contributed by atoms with Gasteiger partial charge in [0.25, 0.3) is 0 Å². The fourth-order valence-electron chi connectivity index (χ4n) is 11.2. The molecule has 2 N–H and O–H groups in total. The van der Waals surface area contributed by atoms with E-state index in [2.05, 4.69) is 61.5 Å². The summed E-state index contributed by atoms with van der Waals surface area (Å²) in [4.78, 5) is 12.9. The van der Waals surface area contributed by atoms with Crippen LogP contribution in [0.4, 0.5) is 0 Å². The summed E-state index contributed by atoms with van der Waals surface area (Å²) in [6, 6.07) is 0. The maximum Gasteiger partial charge on any atom is 0.310 e. The standard InChI is InChI=1S/C31H50O3/c1-19-24-21-9-10-23-28(6)18-20(32)17-27(4,5)22(28)11-12-30(23,8)29(21,7)14-16-31(24,25(33)34)15-13-26(19,2)3/h9,19-20,22-24,32H,10-18H2,1-8H3,(H,33,34)/t19-,20+,22+,23-,24+,28+,29-,30-,31+/m1/s1. The first-order valence-corrected chi connectivity index (χ1v) is 14.2. The minimum atomic E-state index is -0.590. The molecule has 34 heavy (non-hydrogen) atoms.